The zero-order chi connectivity index (χ0) is 21.0. The number of rotatable bonds is 7. The molecule has 1 aromatic heterocycles. The van der Waals surface area contributed by atoms with Crippen molar-refractivity contribution in [1.82, 2.24) is 4.98 Å². The van der Waals surface area contributed by atoms with Crippen LogP contribution in [0.4, 0.5) is 11.4 Å². The third-order valence-corrected chi connectivity index (χ3v) is 5.84. The summed E-state index contributed by atoms with van der Waals surface area (Å²) in [6.07, 6.45) is 5.02. The molecule has 1 fully saturated rings. The number of nitro groups is 1. The molecule has 1 N–H and O–H groups in total. The molecule has 1 aliphatic rings. The molecular formula is C23H25N3O4. The Balaban J connectivity index is 1.64. The van der Waals surface area contributed by atoms with Crippen LogP contribution < -0.4 is 10.1 Å². The first kappa shape index (κ1) is 20.1. The van der Waals surface area contributed by atoms with E-state index in [0.717, 1.165) is 29.7 Å². The number of ether oxygens (including phenoxy) is 2. The maximum absolute atomic E-state index is 11.4. The summed E-state index contributed by atoms with van der Waals surface area (Å²) in [6, 6.07) is 13.4. The average molecular weight is 407 g/mol. The zero-order valence-electron chi connectivity index (χ0n) is 17.0. The van der Waals surface area contributed by atoms with Gasteiger partial charge in [-0.05, 0) is 49.6 Å². The number of nitrogens with zero attached hydrogens (tertiary/aromatic N) is 2. The first-order valence-electron chi connectivity index (χ1n) is 10.2. The van der Waals surface area contributed by atoms with Gasteiger partial charge in [0.2, 0.25) is 0 Å². The van der Waals surface area contributed by atoms with Crippen molar-refractivity contribution in [3.8, 4) is 5.75 Å². The summed E-state index contributed by atoms with van der Waals surface area (Å²) in [4.78, 5) is 15.1. The monoisotopic (exact) mass is 407 g/mol. The second-order valence-corrected chi connectivity index (χ2v) is 7.51. The van der Waals surface area contributed by atoms with E-state index in [1.165, 1.54) is 5.56 Å². The molecule has 0 spiro atoms. The van der Waals surface area contributed by atoms with Crippen LogP contribution in [-0.4, -0.2) is 36.3 Å². The molecule has 7 heteroatoms. The minimum absolute atomic E-state index is 0.0657. The Morgan fingerprint density at radius 2 is 1.90 bits per heavy atom. The molecule has 0 aliphatic carbocycles. The van der Waals surface area contributed by atoms with Crippen molar-refractivity contribution < 1.29 is 14.4 Å². The van der Waals surface area contributed by atoms with E-state index in [1.54, 1.807) is 24.5 Å². The van der Waals surface area contributed by atoms with Gasteiger partial charge in [-0.3, -0.25) is 15.1 Å². The number of hydrogen-bond donors (Lipinski definition) is 1. The Hall–Kier alpha value is -3.19. The van der Waals surface area contributed by atoms with Gasteiger partial charge in [-0.2, -0.15) is 0 Å². The number of benzene rings is 2. The molecule has 0 bridgehead atoms. The maximum Gasteiger partial charge on any atom is 0.278 e. The number of nitrogens with one attached hydrogen (secondary N) is 1. The van der Waals surface area contributed by atoms with Crippen LogP contribution in [0.2, 0.25) is 0 Å². The second kappa shape index (κ2) is 8.67. The number of hydrogen-bond acceptors (Lipinski definition) is 6. The van der Waals surface area contributed by atoms with E-state index in [0.29, 0.717) is 31.8 Å². The Kier molecular flexibility index (Phi) is 5.81. The van der Waals surface area contributed by atoms with Gasteiger partial charge >= 0.3 is 0 Å². The van der Waals surface area contributed by atoms with Crippen LogP contribution in [0, 0.1) is 10.1 Å². The number of non-ortho nitro benzene ring substituents is 1. The van der Waals surface area contributed by atoms with E-state index in [-0.39, 0.29) is 16.0 Å². The lowest BCUT2D eigenvalue weighted by atomic mass is 9.74. The molecule has 3 aromatic rings. The lowest BCUT2D eigenvalue weighted by molar-refractivity contribution is -0.383. The number of pyridine rings is 1. The molecule has 30 heavy (non-hydrogen) atoms. The average Bonchev–Trinajstić information content (AvgIpc) is 2.78. The number of fused-ring (bicyclic) bond motifs is 1. The molecule has 1 aliphatic heterocycles. The summed E-state index contributed by atoms with van der Waals surface area (Å²) in [6.45, 7) is 4.74. The highest BCUT2D eigenvalue weighted by Crippen LogP contribution is 2.37. The maximum atomic E-state index is 11.4. The van der Waals surface area contributed by atoms with Crippen molar-refractivity contribution in [1.29, 1.82) is 0 Å². The number of nitro benzene ring substituents is 1. The van der Waals surface area contributed by atoms with E-state index in [4.69, 9.17) is 9.47 Å². The van der Waals surface area contributed by atoms with Crippen molar-refractivity contribution in [2.24, 2.45) is 0 Å². The van der Waals surface area contributed by atoms with Gasteiger partial charge in [0.05, 0.1) is 16.9 Å². The van der Waals surface area contributed by atoms with Crippen molar-refractivity contribution in [3.63, 3.8) is 0 Å². The first-order valence-corrected chi connectivity index (χ1v) is 10.2. The van der Waals surface area contributed by atoms with Crippen molar-refractivity contribution in [3.05, 3.63) is 70.5 Å². The number of aromatic nitrogens is 1. The van der Waals surface area contributed by atoms with Gasteiger partial charge in [-0.1, -0.05) is 12.1 Å². The van der Waals surface area contributed by atoms with Crippen LogP contribution in [0.15, 0.2) is 54.9 Å². The topological polar surface area (TPSA) is 86.5 Å². The fraction of sp³-hybridized carbons (Fsp3) is 0.348. The predicted molar refractivity (Wildman–Crippen MR) is 116 cm³/mol. The fourth-order valence-electron chi connectivity index (χ4n) is 4.15. The molecule has 0 unspecified atom stereocenters. The molecule has 2 aromatic carbocycles. The molecule has 0 atom stereocenters. The van der Waals surface area contributed by atoms with Crippen LogP contribution in [0.3, 0.4) is 0 Å². The lowest BCUT2D eigenvalue weighted by Crippen LogP contribution is -2.40. The third-order valence-electron chi connectivity index (χ3n) is 5.84. The van der Waals surface area contributed by atoms with Crippen LogP contribution >= 0.6 is 0 Å². The highest BCUT2D eigenvalue weighted by atomic mass is 16.6. The summed E-state index contributed by atoms with van der Waals surface area (Å²) in [5.74, 6) is 0.866. The summed E-state index contributed by atoms with van der Waals surface area (Å²) in [7, 11) is 0. The highest BCUT2D eigenvalue weighted by molar-refractivity contribution is 5.99. The second-order valence-electron chi connectivity index (χ2n) is 7.51. The van der Waals surface area contributed by atoms with E-state index in [2.05, 4.69) is 22.4 Å². The Morgan fingerprint density at radius 1 is 1.13 bits per heavy atom. The van der Waals surface area contributed by atoms with Gasteiger partial charge in [0, 0.05) is 54.7 Å². The van der Waals surface area contributed by atoms with Gasteiger partial charge in [0.25, 0.3) is 5.69 Å². The minimum atomic E-state index is -0.367. The lowest BCUT2D eigenvalue weighted by Gasteiger charge is -2.38. The fourth-order valence-corrected chi connectivity index (χ4v) is 4.15. The standard InChI is InChI=1S/C23H25N3O4/c1-2-30-18-5-3-17(4-6-18)23(10-13-29-14-11-23)16-25-21-7-8-22(26(27)28)20-15-24-12-9-19(20)21/h3-9,12,15,25H,2,10-11,13-14,16H2,1H3. The Morgan fingerprint density at radius 3 is 2.60 bits per heavy atom. The van der Waals surface area contributed by atoms with Crippen molar-refractivity contribution in [2.45, 2.75) is 25.2 Å². The van der Waals surface area contributed by atoms with Gasteiger partial charge in [0.15, 0.2) is 0 Å². The van der Waals surface area contributed by atoms with Gasteiger partial charge in [-0.25, -0.2) is 0 Å². The van der Waals surface area contributed by atoms with E-state index < -0.39 is 0 Å². The van der Waals surface area contributed by atoms with Gasteiger partial charge in [0.1, 0.15) is 5.75 Å². The normalized spacial score (nSPS) is 15.6. The molecule has 0 amide bonds. The quantitative estimate of drug-likeness (QED) is 0.451. The SMILES string of the molecule is CCOc1ccc(C2(CNc3ccc([N+](=O)[O-])c4cnccc34)CCOCC2)cc1. The van der Waals surface area contributed by atoms with Crippen LogP contribution in [0.1, 0.15) is 25.3 Å². The Labute approximate surface area is 175 Å². The van der Waals surface area contributed by atoms with Gasteiger partial charge in [-0.15, -0.1) is 0 Å². The molecule has 4 rings (SSSR count). The van der Waals surface area contributed by atoms with Crippen LogP contribution in [0.5, 0.6) is 5.75 Å². The van der Waals surface area contributed by atoms with E-state index >= 15 is 0 Å². The zero-order valence-corrected chi connectivity index (χ0v) is 17.0. The summed E-state index contributed by atoms with van der Waals surface area (Å²) in [5, 5.41) is 16.3. The first-order chi connectivity index (χ1) is 14.6. The van der Waals surface area contributed by atoms with Gasteiger partial charge < -0.3 is 14.8 Å². The molecule has 156 valence electrons. The molecular weight excluding hydrogens is 382 g/mol. The molecule has 1 saturated heterocycles. The Bertz CT molecular complexity index is 1030. The molecule has 0 saturated carbocycles. The van der Waals surface area contributed by atoms with E-state index in [1.807, 2.05) is 25.1 Å². The summed E-state index contributed by atoms with van der Waals surface area (Å²) >= 11 is 0. The van der Waals surface area contributed by atoms with Crippen molar-refractivity contribution >= 4 is 22.1 Å². The highest BCUT2D eigenvalue weighted by Gasteiger charge is 2.34. The smallest absolute Gasteiger partial charge is 0.278 e. The number of anilines is 1. The molecule has 7 nitrogen and oxygen atoms in total. The van der Waals surface area contributed by atoms with Crippen LogP contribution in [0.25, 0.3) is 10.8 Å². The van der Waals surface area contributed by atoms with E-state index in [9.17, 15) is 10.1 Å². The molecule has 2 heterocycles. The van der Waals surface area contributed by atoms with Crippen molar-refractivity contribution in [2.75, 3.05) is 31.7 Å². The minimum Gasteiger partial charge on any atom is -0.494 e. The van der Waals surface area contributed by atoms with Crippen LogP contribution in [-0.2, 0) is 10.2 Å². The predicted octanol–water partition coefficient (Wildman–Crippen LogP) is 4.70. The third kappa shape index (κ3) is 3.93. The summed E-state index contributed by atoms with van der Waals surface area (Å²) in [5.41, 5.74) is 2.10. The summed E-state index contributed by atoms with van der Waals surface area (Å²) < 4.78 is 11.2. The largest absolute Gasteiger partial charge is 0.494 e. The molecule has 0 radical (unpaired) electrons.